The summed E-state index contributed by atoms with van der Waals surface area (Å²) in [6.45, 7) is 2.07. The Labute approximate surface area is 101 Å². The summed E-state index contributed by atoms with van der Waals surface area (Å²) < 4.78 is 11.9. The first-order valence-corrected chi connectivity index (χ1v) is 5.58. The third-order valence-electron chi connectivity index (χ3n) is 1.97. The molecule has 2 heteroatoms. The van der Waals surface area contributed by atoms with E-state index in [4.69, 9.17) is 11.6 Å². The van der Waals surface area contributed by atoms with Crippen LogP contribution >= 0.6 is 11.6 Å². The molecule has 84 valence electrons. The van der Waals surface area contributed by atoms with E-state index in [1.165, 1.54) is 23.3 Å². The molecular formula is C14H14ClF. The predicted molar refractivity (Wildman–Crippen MR) is 67.1 cm³/mol. The van der Waals surface area contributed by atoms with Crippen LogP contribution < -0.4 is 0 Å². The number of benzene rings is 2. The van der Waals surface area contributed by atoms with Gasteiger partial charge in [0, 0.05) is 5.88 Å². The second-order valence-electron chi connectivity index (χ2n) is 3.42. The first kappa shape index (κ1) is 12.7. The van der Waals surface area contributed by atoms with Gasteiger partial charge in [-0.3, -0.25) is 0 Å². The van der Waals surface area contributed by atoms with E-state index in [1.807, 2.05) is 12.1 Å². The molecule has 0 saturated heterocycles. The lowest BCUT2D eigenvalue weighted by Crippen LogP contribution is -1.76. The Morgan fingerprint density at radius 1 is 1.00 bits per heavy atom. The molecule has 0 bridgehead atoms. The second kappa shape index (κ2) is 7.02. The maximum absolute atomic E-state index is 11.9. The van der Waals surface area contributed by atoms with Crippen molar-refractivity contribution in [2.75, 3.05) is 0 Å². The van der Waals surface area contributed by atoms with Gasteiger partial charge in [0.05, 0.1) is 0 Å². The molecule has 0 spiro atoms. The van der Waals surface area contributed by atoms with Gasteiger partial charge in [0.25, 0.3) is 0 Å². The largest absolute Gasteiger partial charge is 0.207 e. The smallest absolute Gasteiger partial charge is 0.123 e. The molecule has 0 radical (unpaired) electrons. The van der Waals surface area contributed by atoms with Crippen molar-refractivity contribution in [2.45, 2.75) is 12.8 Å². The molecule has 0 heterocycles. The number of rotatable bonds is 1. The number of alkyl halides is 1. The van der Waals surface area contributed by atoms with Crippen molar-refractivity contribution in [2.24, 2.45) is 0 Å². The Morgan fingerprint density at radius 2 is 1.69 bits per heavy atom. The minimum absolute atomic E-state index is 0.178. The van der Waals surface area contributed by atoms with Crippen molar-refractivity contribution in [1.29, 1.82) is 0 Å². The van der Waals surface area contributed by atoms with Gasteiger partial charge in [-0.25, -0.2) is 4.39 Å². The molecule has 0 aliphatic carbocycles. The fraction of sp³-hybridized carbons (Fsp3) is 0.143. The number of halogens is 2. The van der Waals surface area contributed by atoms with Crippen LogP contribution in [0.4, 0.5) is 4.39 Å². The van der Waals surface area contributed by atoms with Gasteiger partial charge in [0.2, 0.25) is 0 Å². The molecule has 16 heavy (non-hydrogen) atoms. The Bertz CT molecular complexity index is 412. The highest BCUT2D eigenvalue weighted by atomic mass is 35.5. The second-order valence-corrected chi connectivity index (χ2v) is 3.69. The average molecular weight is 237 g/mol. The van der Waals surface area contributed by atoms with Crippen LogP contribution in [0.5, 0.6) is 0 Å². The molecule has 0 aliphatic heterocycles. The Kier molecular flexibility index (Phi) is 5.58. The van der Waals surface area contributed by atoms with E-state index >= 15 is 0 Å². The third-order valence-corrected chi connectivity index (χ3v) is 2.28. The fourth-order valence-electron chi connectivity index (χ4n) is 1.21. The van der Waals surface area contributed by atoms with Crippen LogP contribution in [0.2, 0.25) is 0 Å². The Morgan fingerprint density at radius 3 is 2.06 bits per heavy atom. The standard InChI is InChI=1S/C8H9Cl.C6H5F/c1-7-3-2-4-8(5-7)6-9;7-6-4-2-1-3-5-6/h2-5H,6H2,1H3;1-5H. The van der Waals surface area contributed by atoms with Gasteiger partial charge >= 0.3 is 0 Å². The van der Waals surface area contributed by atoms with Crippen molar-refractivity contribution in [3.05, 3.63) is 71.5 Å². The molecule has 0 amide bonds. The Balaban J connectivity index is 0.000000165. The minimum Gasteiger partial charge on any atom is -0.207 e. The van der Waals surface area contributed by atoms with Gasteiger partial charge in [-0.05, 0) is 24.6 Å². The van der Waals surface area contributed by atoms with Crippen molar-refractivity contribution in [3.63, 3.8) is 0 Å². The summed E-state index contributed by atoms with van der Waals surface area (Å²) in [5.41, 5.74) is 2.46. The van der Waals surface area contributed by atoms with E-state index in [1.54, 1.807) is 18.2 Å². The van der Waals surface area contributed by atoms with Gasteiger partial charge in [0.1, 0.15) is 5.82 Å². The first-order chi connectivity index (χ1) is 7.72. The summed E-state index contributed by atoms with van der Waals surface area (Å²) >= 11 is 5.60. The molecular weight excluding hydrogens is 223 g/mol. The maximum atomic E-state index is 11.9. The monoisotopic (exact) mass is 236 g/mol. The van der Waals surface area contributed by atoms with Crippen LogP contribution in [0.3, 0.4) is 0 Å². The van der Waals surface area contributed by atoms with Gasteiger partial charge in [-0.1, -0.05) is 48.0 Å². The summed E-state index contributed by atoms with van der Waals surface area (Å²) in [5, 5.41) is 0. The average Bonchev–Trinajstić information content (AvgIpc) is 2.31. The summed E-state index contributed by atoms with van der Waals surface area (Å²) in [6.07, 6.45) is 0. The highest BCUT2D eigenvalue weighted by Crippen LogP contribution is 2.05. The van der Waals surface area contributed by atoms with Crippen LogP contribution in [-0.4, -0.2) is 0 Å². The molecule has 2 rings (SSSR count). The van der Waals surface area contributed by atoms with E-state index in [-0.39, 0.29) is 5.82 Å². The lowest BCUT2D eigenvalue weighted by atomic mass is 10.2. The van der Waals surface area contributed by atoms with Crippen LogP contribution in [0, 0.1) is 12.7 Å². The predicted octanol–water partition coefficient (Wildman–Crippen LogP) is 4.56. The molecule has 0 saturated carbocycles. The fourth-order valence-corrected chi connectivity index (χ4v) is 1.38. The van der Waals surface area contributed by atoms with E-state index in [2.05, 4.69) is 19.1 Å². The zero-order valence-corrected chi connectivity index (χ0v) is 9.92. The zero-order chi connectivity index (χ0) is 11.8. The number of hydrogen-bond donors (Lipinski definition) is 0. The van der Waals surface area contributed by atoms with Gasteiger partial charge in [-0.15, -0.1) is 11.6 Å². The highest BCUT2D eigenvalue weighted by molar-refractivity contribution is 6.17. The summed E-state index contributed by atoms with van der Waals surface area (Å²) in [5.74, 6) is 0.435. The molecule has 2 aromatic carbocycles. The SMILES string of the molecule is Cc1cccc(CCl)c1.Fc1ccccc1. The molecule has 0 aromatic heterocycles. The zero-order valence-electron chi connectivity index (χ0n) is 9.16. The van der Waals surface area contributed by atoms with E-state index in [0.717, 1.165) is 0 Å². The van der Waals surface area contributed by atoms with E-state index in [0.29, 0.717) is 5.88 Å². The summed E-state index contributed by atoms with van der Waals surface area (Å²) in [4.78, 5) is 0. The summed E-state index contributed by atoms with van der Waals surface area (Å²) in [6, 6.07) is 16.1. The molecule has 0 atom stereocenters. The first-order valence-electron chi connectivity index (χ1n) is 5.04. The van der Waals surface area contributed by atoms with Crippen LogP contribution in [0.15, 0.2) is 54.6 Å². The normalized spacial score (nSPS) is 9.19. The van der Waals surface area contributed by atoms with Crippen LogP contribution in [-0.2, 0) is 5.88 Å². The molecule has 0 aliphatic rings. The van der Waals surface area contributed by atoms with E-state index in [9.17, 15) is 4.39 Å². The lowest BCUT2D eigenvalue weighted by Gasteiger charge is -1.94. The maximum Gasteiger partial charge on any atom is 0.123 e. The number of aryl methyl sites for hydroxylation is 1. The lowest BCUT2D eigenvalue weighted by molar-refractivity contribution is 0.628. The van der Waals surface area contributed by atoms with Crippen molar-refractivity contribution >= 4 is 11.6 Å². The van der Waals surface area contributed by atoms with Crippen molar-refractivity contribution in [3.8, 4) is 0 Å². The molecule has 0 unspecified atom stereocenters. The quantitative estimate of drug-likeness (QED) is 0.637. The molecule has 0 fully saturated rings. The van der Waals surface area contributed by atoms with Crippen LogP contribution in [0.1, 0.15) is 11.1 Å². The third kappa shape index (κ3) is 4.94. The minimum atomic E-state index is -0.178. The summed E-state index contributed by atoms with van der Waals surface area (Å²) in [7, 11) is 0. The molecule has 0 nitrogen and oxygen atoms in total. The number of hydrogen-bond acceptors (Lipinski definition) is 0. The van der Waals surface area contributed by atoms with Crippen molar-refractivity contribution < 1.29 is 4.39 Å². The molecule has 2 aromatic rings. The Hall–Kier alpha value is -1.34. The van der Waals surface area contributed by atoms with Crippen molar-refractivity contribution in [1.82, 2.24) is 0 Å². The van der Waals surface area contributed by atoms with Gasteiger partial charge < -0.3 is 0 Å². The molecule has 0 N–H and O–H groups in total. The van der Waals surface area contributed by atoms with Crippen LogP contribution in [0.25, 0.3) is 0 Å². The highest BCUT2D eigenvalue weighted by Gasteiger charge is 1.87. The van der Waals surface area contributed by atoms with E-state index < -0.39 is 0 Å². The topological polar surface area (TPSA) is 0 Å². The van der Waals surface area contributed by atoms with Gasteiger partial charge in [-0.2, -0.15) is 0 Å². The van der Waals surface area contributed by atoms with Gasteiger partial charge in [0.15, 0.2) is 0 Å².